The molecule has 52 heavy (non-hydrogen) atoms. The summed E-state index contributed by atoms with van der Waals surface area (Å²) in [6.45, 7) is 17.7. The zero-order chi connectivity index (χ0) is 37.4. The maximum atomic E-state index is 9.35. The SMILES string of the molecule is CCC(C)c1ccc(O)cc1.CCC(C)c1ccc(OC(OC2CC3CC2C2CCCC32)C(C)C)cc1.CCC(C)c1ccc2cc(O)ccc2c1. The highest BCUT2D eigenvalue weighted by Crippen LogP contribution is 2.59. The van der Waals surface area contributed by atoms with Gasteiger partial charge in [-0.3, -0.25) is 0 Å². The summed E-state index contributed by atoms with van der Waals surface area (Å²) in [5.41, 5.74) is 4.06. The molecule has 0 aromatic heterocycles. The maximum Gasteiger partial charge on any atom is 0.202 e. The number of hydrogen-bond donors (Lipinski definition) is 2. The monoisotopic (exact) mass is 706 g/mol. The number of fused-ring (bicyclic) bond motifs is 6. The fourth-order valence-corrected chi connectivity index (χ4v) is 8.73. The van der Waals surface area contributed by atoms with Gasteiger partial charge in [-0.25, -0.2) is 0 Å². The minimum atomic E-state index is -0.131. The van der Waals surface area contributed by atoms with Crippen molar-refractivity contribution >= 4 is 10.8 Å². The zero-order valence-corrected chi connectivity index (χ0v) is 33.2. The molecular formula is C48H66O4. The minimum Gasteiger partial charge on any atom is -0.508 e. The van der Waals surface area contributed by atoms with Gasteiger partial charge in [0.05, 0.1) is 6.10 Å². The summed E-state index contributed by atoms with van der Waals surface area (Å²) in [5.74, 6) is 7.47. The average molecular weight is 707 g/mol. The molecule has 0 spiro atoms. The van der Waals surface area contributed by atoms with Crippen LogP contribution in [0.4, 0.5) is 0 Å². The van der Waals surface area contributed by atoms with E-state index in [1.54, 1.807) is 24.3 Å². The molecule has 3 aliphatic rings. The third-order valence-corrected chi connectivity index (χ3v) is 12.6. The van der Waals surface area contributed by atoms with Crippen LogP contribution in [-0.2, 0) is 4.74 Å². The standard InChI is InChI=1S/C24H36O2.C14H16O.C10H14O/c1-5-16(4)17-9-11-19(12-10-17)25-24(15(2)3)26-23-14-18-13-22(23)21-8-6-7-20(18)21;1-3-10(2)11-4-5-13-9-14(15)7-6-12(13)8-11;1-3-8(2)9-4-6-10(11)7-5-9/h9-12,15-16,18,20-24H,5-8,13-14H2,1-4H3;4-10,15H,3H2,1-2H3;4-8,11H,3H2,1-2H3. The van der Waals surface area contributed by atoms with Crippen LogP contribution >= 0.6 is 0 Å². The molecule has 3 aliphatic carbocycles. The van der Waals surface area contributed by atoms with E-state index in [1.165, 1.54) is 60.6 Å². The fraction of sp³-hybridized carbons (Fsp3) is 0.542. The van der Waals surface area contributed by atoms with E-state index >= 15 is 0 Å². The molecule has 0 aliphatic heterocycles. The van der Waals surface area contributed by atoms with E-state index in [4.69, 9.17) is 14.6 Å². The highest BCUT2D eigenvalue weighted by Gasteiger charge is 2.54. The van der Waals surface area contributed by atoms with Crippen molar-refractivity contribution in [2.24, 2.45) is 29.6 Å². The number of hydrogen-bond acceptors (Lipinski definition) is 4. The number of rotatable bonds is 11. The average Bonchev–Trinajstić information content (AvgIpc) is 3.90. The highest BCUT2D eigenvalue weighted by atomic mass is 16.7. The third-order valence-electron chi connectivity index (χ3n) is 12.6. The lowest BCUT2D eigenvalue weighted by Gasteiger charge is -2.35. The molecule has 3 fully saturated rings. The fourth-order valence-electron chi connectivity index (χ4n) is 8.73. The highest BCUT2D eigenvalue weighted by molar-refractivity contribution is 5.84. The van der Waals surface area contributed by atoms with E-state index in [2.05, 4.69) is 97.9 Å². The quantitative estimate of drug-likeness (QED) is 0.152. The number of aromatic hydroxyl groups is 2. The van der Waals surface area contributed by atoms with E-state index in [-0.39, 0.29) is 6.29 Å². The van der Waals surface area contributed by atoms with Crippen LogP contribution in [0.25, 0.3) is 10.8 Å². The van der Waals surface area contributed by atoms with Crippen molar-refractivity contribution in [1.82, 2.24) is 0 Å². The van der Waals surface area contributed by atoms with Gasteiger partial charge in [0, 0.05) is 5.92 Å². The van der Waals surface area contributed by atoms with Gasteiger partial charge < -0.3 is 19.7 Å². The molecule has 4 heteroatoms. The van der Waals surface area contributed by atoms with Gasteiger partial charge in [-0.2, -0.15) is 0 Å². The summed E-state index contributed by atoms with van der Waals surface area (Å²) in [6.07, 6.45) is 10.8. The van der Waals surface area contributed by atoms with Gasteiger partial charge in [-0.1, -0.05) is 110 Å². The lowest BCUT2D eigenvalue weighted by atomic mass is 9.80. The van der Waals surface area contributed by atoms with Crippen LogP contribution in [0, 0.1) is 29.6 Å². The van der Waals surface area contributed by atoms with Crippen LogP contribution in [0.5, 0.6) is 17.2 Å². The number of phenolic OH excluding ortho intramolecular Hbond substituents is 2. The molecule has 7 rings (SSSR count). The summed E-state index contributed by atoms with van der Waals surface area (Å²) < 4.78 is 12.9. The first-order chi connectivity index (χ1) is 25.0. The van der Waals surface area contributed by atoms with Crippen LogP contribution in [0.15, 0.2) is 84.9 Å². The van der Waals surface area contributed by atoms with E-state index in [9.17, 15) is 5.11 Å². The Balaban J connectivity index is 0.000000170. The molecule has 0 saturated heterocycles. The lowest BCUT2D eigenvalue weighted by molar-refractivity contribution is -0.162. The van der Waals surface area contributed by atoms with E-state index < -0.39 is 0 Å². The molecule has 0 radical (unpaired) electrons. The molecule has 0 heterocycles. The predicted molar refractivity (Wildman–Crippen MR) is 217 cm³/mol. The predicted octanol–water partition coefficient (Wildman–Crippen LogP) is 13.4. The second-order valence-corrected chi connectivity index (χ2v) is 16.4. The van der Waals surface area contributed by atoms with Gasteiger partial charge in [-0.15, -0.1) is 0 Å². The van der Waals surface area contributed by atoms with Crippen LogP contribution < -0.4 is 4.74 Å². The summed E-state index contributed by atoms with van der Waals surface area (Å²) in [4.78, 5) is 0. The Kier molecular flexibility index (Phi) is 14.1. The molecule has 9 atom stereocenters. The third kappa shape index (κ3) is 9.92. The van der Waals surface area contributed by atoms with Crippen molar-refractivity contribution in [3.8, 4) is 17.2 Å². The summed E-state index contributed by atoms with van der Waals surface area (Å²) in [7, 11) is 0. The molecule has 4 aromatic carbocycles. The van der Waals surface area contributed by atoms with E-state index in [1.807, 2.05) is 18.2 Å². The van der Waals surface area contributed by atoms with Crippen LogP contribution in [0.3, 0.4) is 0 Å². The van der Waals surface area contributed by atoms with E-state index in [0.717, 1.165) is 47.6 Å². The second kappa shape index (κ2) is 18.5. The van der Waals surface area contributed by atoms with Crippen LogP contribution in [-0.4, -0.2) is 22.6 Å². The summed E-state index contributed by atoms with van der Waals surface area (Å²) in [5, 5.41) is 20.7. The van der Waals surface area contributed by atoms with E-state index in [0.29, 0.717) is 41.3 Å². The molecule has 4 aromatic rings. The molecule has 282 valence electrons. The molecule has 0 amide bonds. The Morgan fingerprint density at radius 2 is 1.10 bits per heavy atom. The first-order valence-corrected chi connectivity index (χ1v) is 20.4. The van der Waals surface area contributed by atoms with Crippen molar-refractivity contribution in [3.05, 3.63) is 102 Å². The Morgan fingerprint density at radius 1 is 0.577 bits per heavy atom. The smallest absolute Gasteiger partial charge is 0.202 e. The number of ether oxygens (including phenoxy) is 2. The van der Waals surface area contributed by atoms with Gasteiger partial charge >= 0.3 is 0 Å². The van der Waals surface area contributed by atoms with Crippen molar-refractivity contribution in [2.75, 3.05) is 0 Å². The van der Waals surface area contributed by atoms with Crippen LogP contribution in [0.2, 0.25) is 0 Å². The lowest BCUT2D eigenvalue weighted by Crippen LogP contribution is -2.37. The zero-order valence-electron chi connectivity index (χ0n) is 33.2. The largest absolute Gasteiger partial charge is 0.508 e. The van der Waals surface area contributed by atoms with Gasteiger partial charge in [0.15, 0.2) is 0 Å². The first-order valence-electron chi connectivity index (χ1n) is 20.4. The Bertz CT molecular complexity index is 1660. The Hall–Kier alpha value is -3.50. The first kappa shape index (κ1) is 39.7. The van der Waals surface area contributed by atoms with Gasteiger partial charge in [-0.05, 0) is 150 Å². The molecule has 2 bridgehead atoms. The summed E-state index contributed by atoms with van der Waals surface area (Å²) in [6, 6.07) is 28.0. The molecule has 2 N–H and O–H groups in total. The maximum absolute atomic E-state index is 9.35. The van der Waals surface area contributed by atoms with Crippen molar-refractivity contribution in [1.29, 1.82) is 0 Å². The van der Waals surface area contributed by atoms with Crippen LogP contribution in [0.1, 0.15) is 141 Å². The Morgan fingerprint density at radius 3 is 1.71 bits per heavy atom. The minimum absolute atomic E-state index is 0.131. The second-order valence-electron chi connectivity index (χ2n) is 16.4. The number of benzene rings is 4. The molecule has 9 unspecified atom stereocenters. The molecular weight excluding hydrogens is 641 g/mol. The molecule has 3 saturated carbocycles. The number of phenols is 2. The van der Waals surface area contributed by atoms with Crippen molar-refractivity contribution in [2.45, 2.75) is 137 Å². The van der Waals surface area contributed by atoms with Crippen molar-refractivity contribution in [3.63, 3.8) is 0 Å². The van der Waals surface area contributed by atoms with Gasteiger partial charge in [0.1, 0.15) is 17.2 Å². The van der Waals surface area contributed by atoms with Gasteiger partial charge in [0.25, 0.3) is 0 Å². The summed E-state index contributed by atoms with van der Waals surface area (Å²) >= 11 is 0. The Labute approximate surface area is 315 Å². The normalized spacial score (nSPS) is 23.9. The topological polar surface area (TPSA) is 58.9 Å². The van der Waals surface area contributed by atoms with Gasteiger partial charge in [0.2, 0.25) is 6.29 Å². The van der Waals surface area contributed by atoms with Crippen molar-refractivity contribution < 1.29 is 19.7 Å². The molecule has 4 nitrogen and oxygen atoms in total.